The van der Waals surface area contributed by atoms with E-state index in [9.17, 15) is 8.42 Å². The van der Waals surface area contributed by atoms with E-state index < -0.39 is 10.0 Å². The first-order valence-corrected chi connectivity index (χ1v) is 8.07. The van der Waals surface area contributed by atoms with Crippen molar-refractivity contribution in [1.82, 2.24) is 10.0 Å². The number of benzene rings is 1. The summed E-state index contributed by atoms with van der Waals surface area (Å²) in [6, 6.07) is 4.60. The number of halogens is 1. The molecule has 0 saturated heterocycles. The average molecular weight is 339 g/mol. The molecule has 0 spiro atoms. The summed E-state index contributed by atoms with van der Waals surface area (Å²) in [6.45, 7) is 5.52. The van der Waals surface area contributed by atoms with Crippen molar-refractivity contribution in [2.75, 3.05) is 33.4 Å². The molecule has 1 rings (SSSR count). The van der Waals surface area contributed by atoms with Gasteiger partial charge in [-0.1, -0.05) is 0 Å². The van der Waals surface area contributed by atoms with Crippen molar-refractivity contribution in [2.45, 2.75) is 18.7 Å². The molecular weight excluding hydrogens is 316 g/mol. The lowest BCUT2D eigenvalue weighted by molar-refractivity contribution is 0.287. The van der Waals surface area contributed by atoms with E-state index in [0.29, 0.717) is 37.8 Å². The molecule has 6 nitrogen and oxygen atoms in total. The summed E-state index contributed by atoms with van der Waals surface area (Å²) < 4.78 is 37.5. The fourth-order valence-electron chi connectivity index (χ4n) is 1.59. The Morgan fingerprint density at radius 1 is 1.05 bits per heavy atom. The van der Waals surface area contributed by atoms with Crippen LogP contribution in [0.1, 0.15) is 13.8 Å². The highest BCUT2D eigenvalue weighted by Crippen LogP contribution is 2.30. The standard InChI is InChI=1S/C13H22N2O4S.ClH/c1-4-18-12-7-6-11(10-13(12)19-5-2)20(16,17)15-9-8-14-3;/h6-7,10,14-15H,4-5,8-9H2,1-3H3;1H. The highest BCUT2D eigenvalue weighted by molar-refractivity contribution is 7.89. The van der Waals surface area contributed by atoms with E-state index in [4.69, 9.17) is 9.47 Å². The quantitative estimate of drug-likeness (QED) is 0.666. The summed E-state index contributed by atoms with van der Waals surface area (Å²) in [5.74, 6) is 0.981. The molecule has 1 aromatic carbocycles. The minimum Gasteiger partial charge on any atom is -0.490 e. The Kier molecular flexibility index (Phi) is 9.36. The first kappa shape index (κ1) is 20.0. The molecule has 0 radical (unpaired) electrons. The van der Waals surface area contributed by atoms with Crippen molar-refractivity contribution in [3.63, 3.8) is 0 Å². The van der Waals surface area contributed by atoms with Gasteiger partial charge in [-0.15, -0.1) is 12.4 Å². The van der Waals surface area contributed by atoms with Crippen molar-refractivity contribution in [1.29, 1.82) is 0 Å². The number of sulfonamides is 1. The molecule has 0 aliphatic rings. The predicted octanol–water partition coefficient (Wildman–Crippen LogP) is 1.40. The first-order valence-electron chi connectivity index (χ1n) is 6.59. The molecule has 0 bridgehead atoms. The second kappa shape index (κ2) is 9.83. The van der Waals surface area contributed by atoms with E-state index in [-0.39, 0.29) is 17.3 Å². The Morgan fingerprint density at radius 2 is 1.67 bits per heavy atom. The Balaban J connectivity index is 0.00000400. The van der Waals surface area contributed by atoms with Crippen LogP contribution in [0.15, 0.2) is 23.1 Å². The maximum Gasteiger partial charge on any atom is 0.240 e. The summed E-state index contributed by atoms with van der Waals surface area (Å²) in [4.78, 5) is 0.167. The first-order chi connectivity index (χ1) is 9.55. The van der Waals surface area contributed by atoms with Crippen molar-refractivity contribution in [3.05, 3.63) is 18.2 Å². The largest absolute Gasteiger partial charge is 0.490 e. The molecule has 1 aromatic rings. The van der Waals surface area contributed by atoms with Crippen molar-refractivity contribution in [2.24, 2.45) is 0 Å². The fraction of sp³-hybridized carbons (Fsp3) is 0.538. The van der Waals surface area contributed by atoms with Crippen LogP contribution in [0.5, 0.6) is 11.5 Å². The summed E-state index contributed by atoms with van der Waals surface area (Å²) in [5.41, 5.74) is 0. The Bertz CT molecular complexity index is 523. The number of ether oxygens (including phenoxy) is 2. The van der Waals surface area contributed by atoms with Crippen LogP contribution < -0.4 is 19.5 Å². The Labute approximate surface area is 132 Å². The van der Waals surface area contributed by atoms with Gasteiger partial charge in [0.15, 0.2) is 11.5 Å². The van der Waals surface area contributed by atoms with Crippen molar-refractivity contribution >= 4 is 22.4 Å². The lowest BCUT2D eigenvalue weighted by Crippen LogP contribution is -2.30. The van der Waals surface area contributed by atoms with Gasteiger partial charge in [0.2, 0.25) is 10.0 Å². The maximum absolute atomic E-state index is 12.1. The summed E-state index contributed by atoms with van der Waals surface area (Å²) in [5, 5.41) is 2.88. The Hall–Kier alpha value is -1.02. The molecule has 2 N–H and O–H groups in total. The fourth-order valence-corrected chi connectivity index (χ4v) is 2.64. The Morgan fingerprint density at radius 3 is 2.24 bits per heavy atom. The topological polar surface area (TPSA) is 76.7 Å². The van der Waals surface area contributed by atoms with Crippen LogP contribution in [0.25, 0.3) is 0 Å². The lowest BCUT2D eigenvalue weighted by Gasteiger charge is -2.13. The van der Waals surface area contributed by atoms with Crippen LogP contribution in [0, 0.1) is 0 Å². The number of nitrogens with one attached hydrogen (secondary N) is 2. The molecule has 0 saturated carbocycles. The number of likely N-dealkylation sites (N-methyl/N-ethyl adjacent to an activating group) is 1. The highest BCUT2D eigenvalue weighted by Gasteiger charge is 2.16. The van der Waals surface area contributed by atoms with E-state index in [2.05, 4.69) is 10.0 Å². The molecular formula is C13H23ClN2O4S. The molecule has 21 heavy (non-hydrogen) atoms. The van der Waals surface area contributed by atoms with Gasteiger partial charge in [0, 0.05) is 19.2 Å². The van der Waals surface area contributed by atoms with Gasteiger partial charge in [0.1, 0.15) is 0 Å². The third kappa shape index (κ3) is 6.09. The minimum absolute atomic E-state index is 0. The van der Waals surface area contributed by atoms with Gasteiger partial charge in [-0.05, 0) is 33.0 Å². The van der Waals surface area contributed by atoms with Crippen molar-refractivity contribution < 1.29 is 17.9 Å². The number of hydrogen-bond donors (Lipinski definition) is 2. The zero-order valence-corrected chi connectivity index (χ0v) is 14.1. The molecule has 0 aliphatic carbocycles. The van der Waals surface area contributed by atoms with Gasteiger partial charge in [-0.25, -0.2) is 13.1 Å². The van der Waals surface area contributed by atoms with Gasteiger partial charge >= 0.3 is 0 Å². The smallest absolute Gasteiger partial charge is 0.240 e. The van der Waals surface area contributed by atoms with Crippen LogP contribution in [0.4, 0.5) is 0 Å². The highest BCUT2D eigenvalue weighted by atomic mass is 35.5. The van der Waals surface area contributed by atoms with E-state index in [0.717, 1.165) is 0 Å². The maximum atomic E-state index is 12.1. The van der Waals surface area contributed by atoms with Crippen LogP contribution in [-0.4, -0.2) is 41.8 Å². The second-order valence-corrected chi connectivity index (χ2v) is 5.74. The van der Waals surface area contributed by atoms with E-state index >= 15 is 0 Å². The van der Waals surface area contributed by atoms with Crippen molar-refractivity contribution in [3.8, 4) is 11.5 Å². The van der Waals surface area contributed by atoms with Crippen LogP contribution in [-0.2, 0) is 10.0 Å². The van der Waals surface area contributed by atoms with Crippen LogP contribution in [0.2, 0.25) is 0 Å². The SMILES string of the molecule is CCOc1ccc(S(=O)(=O)NCCNC)cc1OCC.Cl. The monoisotopic (exact) mass is 338 g/mol. The molecule has 0 unspecified atom stereocenters. The molecule has 0 atom stereocenters. The number of rotatable bonds is 9. The summed E-state index contributed by atoms with van der Waals surface area (Å²) in [7, 11) is -1.77. The van der Waals surface area contributed by atoms with Crippen LogP contribution in [0.3, 0.4) is 0 Å². The molecule has 8 heteroatoms. The van der Waals surface area contributed by atoms with Crippen LogP contribution >= 0.6 is 12.4 Å². The predicted molar refractivity (Wildman–Crippen MR) is 85.1 cm³/mol. The third-order valence-corrected chi connectivity index (χ3v) is 3.95. The van der Waals surface area contributed by atoms with E-state index in [1.165, 1.54) is 12.1 Å². The molecule has 0 amide bonds. The van der Waals surface area contributed by atoms with Gasteiger partial charge in [0.25, 0.3) is 0 Å². The molecule has 0 heterocycles. The zero-order valence-electron chi connectivity index (χ0n) is 12.5. The van der Waals surface area contributed by atoms with E-state index in [1.807, 2.05) is 13.8 Å². The lowest BCUT2D eigenvalue weighted by atomic mass is 10.3. The van der Waals surface area contributed by atoms with Gasteiger partial charge < -0.3 is 14.8 Å². The normalized spacial score (nSPS) is 10.8. The third-order valence-electron chi connectivity index (χ3n) is 2.49. The second-order valence-electron chi connectivity index (χ2n) is 3.98. The molecule has 0 aromatic heterocycles. The zero-order chi connectivity index (χ0) is 15.0. The molecule has 0 fully saturated rings. The minimum atomic E-state index is -3.53. The van der Waals surface area contributed by atoms with Gasteiger partial charge in [0.05, 0.1) is 18.1 Å². The average Bonchev–Trinajstić information content (AvgIpc) is 2.41. The van der Waals surface area contributed by atoms with Gasteiger partial charge in [-0.3, -0.25) is 0 Å². The van der Waals surface area contributed by atoms with E-state index in [1.54, 1.807) is 13.1 Å². The summed E-state index contributed by atoms with van der Waals surface area (Å²) >= 11 is 0. The molecule has 122 valence electrons. The number of hydrogen-bond acceptors (Lipinski definition) is 5. The van der Waals surface area contributed by atoms with Gasteiger partial charge in [-0.2, -0.15) is 0 Å². The molecule has 0 aliphatic heterocycles. The summed E-state index contributed by atoms with van der Waals surface area (Å²) in [6.07, 6.45) is 0.